The highest BCUT2D eigenvalue weighted by Crippen LogP contribution is 2.21. The van der Waals surface area contributed by atoms with Crippen LogP contribution in [0, 0.1) is 18.3 Å². The van der Waals surface area contributed by atoms with Gasteiger partial charge in [0.05, 0.1) is 6.07 Å². The normalized spacial score (nSPS) is 9.96. The Kier molecular flexibility index (Phi) is 7.12. The number of amides is 1. The lowest BCUT2D eigenvalue weighted by molar-refractivity contribution is -0.120. The molecule has 0 unspecified atom stereocenters. The van der Waals surface area contributed by atoms with Crippen LogP contribution in [0.15, 0.2) is 42.5 Å². The van der Waals surface area contributed by atoms with Gasteiger partial charge in [0.15, 0.2) is 0 Å². The fraction of sp³-hybridized carbons (Fsp3) is 0.263. The maximum atomic E-state index is 11.4. The van der Waals surface area contributed by atoms with Crippen molar-refractivity contribution in [1.82, 2.24) is 5.32 Å². The van der Waals surface area contributed by atoms with Gasteiger partial charge in [-0.15, -0.1) is 0 Å². The van der Waals surface area contributed by atoms with Crippen molar-refractivity contribution in [2.75, 3.05) is 13.2 Å². The van der Waals surface area contributed by atoms with Crippen molar-refractivity contribution in [3.63, 3.8) is 0 Å². The monoisotopic (exact) mass is 358 g/mol. The van der Waals surface area contributed by atoms with E-state index in [-0.39, 0.29) is 12.3 Å². The van der Waals surface area contributed by atoms with Gasteiger partial charge in [0.2, 0.25) is 5.91 Å². The van der Waals surface area contributed by atoms with E-state index in [9.17, 15) is 4.79 Å². The molecule has 0 fully saturated rings. The lowest BCUT2D eigenvalue weighted by Crippen LogP contribution is -2.22. The van der Waals surface area contributed by atoms with Crippen LogP contribution < -0.4 is 14.8 Å². The molecule has 2 aromatic rings. The second kappa shape index (κ2) is 9.55. The summed E-state index contributed by atoms with van der Waals surface area (Å²) < 4.78 is 11.4. The highest BCUT2D eigenvalue weighted by molar-refractivity contribution is 6.31. The van der Waals surface area contributed by atoms with Crippen molar-refractivity contribution in [2.45, 2.75) is 19.9 Å². The molecule has 2 rings (SSSR count). The molecule has 6 heteroatoms. The molecule has 0 spiro atoms. The maximum Gasteiger partial charge on any atom is 0.234 e. The SMILES string of the molecule is Cc1cc(OCCOc2ccccc2CNC(=O)CC#N)ccc1Cl. The Morgan fingerprint density at radius 2 is 1.96 bits per heavy atom. The first kappa shape index (κ1) is 18.6. The number of aryl methyl sites for hydroxylation is 1. The molecule has 130 valence electrons. The van der Waals surface area contributed by atoms with E-state index in [0.717, 1.165) is 16.9 Å². The molecule has 0 heterocycles. The zero-order valence-corrected chi connectivity index (χ0v) is 14.7. The molecular weight excluding hydrogens is 340 g/mol. The predicted molar refractivity (Wildman–Crippen MR) is 95.7 cm³/mol. The number of hydrogen-bond acceptors (Lipinski definition) is 4. The molecular formula is C19H19ClN2O3. The molecule has 0 saturated carbocycles. The Morgan fingerprint density at radius 1 is 1.20 bits per heavy atom. The quantitative estimate of drug-likeness (QED) is 0.731. The number of ether oxygens (including phenoxy) is 2. The summed E-state index contributed by atoms with van der Waals surface area (Å²) in [6.07, 6.45) is -0.155. The van der Waals surface area contributed by atoms with Crippen molar-refractivity contribution in [3.8, 4) is 17.6 Å². The summed E-state index contributed by atoms with van der Waals surface area (Å²) in [7, 11) is 0. The molecule has 0 bridgehead atoms. The van der Waals surface area contributed by atoms with E-state index in [0.29, 0.717) is 30.5 Å². The Hall–Kier alpha value is -2.71. The predicted octanol–water partition coefficient (Wildman–Crippen LogP) is 3.64. The van der Waals surface area contributed by atoms with E-state index in [1.165, 1.54) is 0 Å². The first-order valence-corrected chi connectivity index (χ1v) is 8.21. The lowest BCUT2D eigenvalue weighted by Gasteiger charge is -2.13. The van der Waals surface area contributed by atoms with Crippen LogP contribution in [-0.2, 0) is 11.3 Å². The van der Waals surface area contributed by atoms with Gasteiger partial charge >= 0.3 is 0 Å². The third-order valence-corrected chi connectivity index (χ3v) is 3.85. The van der Waals surface area contributed by atoms with Gasteiger partial charge in [0, 0.05) is 17.1 Å². The molecule has 0 aromatic heterocycles. The number of benzene rings is 2. The largest absolute Gasteiger partial charge is 0.490 e. The third kappa shape index (κ3) is 6.02. The van der Waals surface area contributed by atoms with E-state index in [4.69, 9.17) is 26.3 Å². The Bertz CT molecular complexity index is 772. The van der Waals surface area contributed by atoms with Gasteiger partial charge in [0.1, 0.15) is 31.1 Å². The van der Waals surface area contributed by atoms with Crippen LogP contribution in [0.25, 0.3) is 0 Å². The number of halogens is 1. The molecule has 5 nitrogen and oxygen atoms in total. The van der Waals surface area contributed by atoms with Gasteiger partial charge in [-0.1, -0.05) is 29.8 Å². The zero-order chi connectivity index (χ0) is 18.1. The summed E-state index contributed by atoms with van der Waals surface area (Å²) in [5.74, 6) is 1.11. The van der Waals surface area contributed by atoms with Gasteiger partial charge in [-0.3, -0.25) is 4.79 Å². The van der Waals surface area contributed by atoms with Crippen molar-refractivity contribution < 1.29 is 14.3 Å². The minimum atomic E-state index is -0.307. The highest BCUT2D eigenvalue weighted by Gasteiger charge is 2.06. The molecule has 1 N–H and O–H groups in total. The minimum absolute atomic E-state index is 0.155. The number of rotatable bonds is 8. The molecule has 2 aromatic carbocycles. The third-order valence-electron chi connectivity index (χ3n) is 3.43. The fourth-order valence-corrected chi connectivity index (χ4v) is 2.25. The van der Waals surface area contributed by atoms with E-state index >= 15 is 0 Å². The van der Waals surface area contributed by atoms with Crippen molar-refractivity contribution in [1.29, 1.82) is 5.26 Å². The number of para-hydroxylation sites is 1. The first-order valence-electron chi connectivity index (χ1n) is 7.83. The number of carbonyl (C=O) groups excluding carboxylic acids is 1. The van der Waals surface area contributed by atoms with Gasteiger partial charge in [0.25, 0.3) is 0 Å². The second-order valence-corrected chi connectivity index (χ2v) is 5.73. The van der Waals surface area contributed by atoms with Gasteiger partial charge in [-0.05, 0) is 36.8 Å². The molecule has 1 amide bonds. The van der Waals surface area contributed by atoms with Crippen molar-refractivity contribution in [2.24, 2.45) is 0 Å². The summed E-state index contributed by atoms with van der Waals surface area (Å²) in [5.41, 5.74) is 1.80. The first-order chi connectivity index (χ1) is 12.1. The Morgan fingerprint density at radius 3 is 2.72 bits per heavy atom. The van der Waals surface area contributed by atoms with Crippen LogP contribution in [0.5, 0.6) is 11.5 Å². The van der Waals surface area contributed by atoms with Crippen LogP contribution in [0.2, 0.25) is 5.02 Å². The summed E-state index contributed by atoms with van der Waals surface area (Å²) in [4.78, 5) is 11.4. The van der Waals surface area contributed by atoms with Gasteiger partial charge < -0.3 is 14.8 Å². The maximum absolute atomic E-state index is 11.4. The number of nitriles is 1. The Labute approximate surface area is 152 Å². The number of carbonyl (C=O) groups is 1. The molecule has 0 aliphatic heterocycles. The number of nitrogens with one attached hydrogen (secondary N) is 1. The number of hydrogen-bond donors (Lipinski definition) is 1. The van der Waals surface area contributed by atoms with Crippen LogP contribution in [0.4, 0.5) is 0 Å². The van der Waals surface area contributed by atoms with E-state index < -0.39 is 0 Å². The summed E-state index contributed by atoms with van der Waals surface area (Å²) in [6.45, 7) is 2.98. The summed E-state index contributed by atoms with van der Waals surface area (Å²) in [5, 5.41) is 11.9. The summed E-state index contributed by atoms with van der Waals surface area (Å²) in [6, 6.07) is 14.7. The average Bonchev–Trinajstić information content (AvgIpc) is 2.61. The molecule has 0 radical (unpaired) electrons. The van der Waals surface area contributed by atoms with E-state index in [2.05, 4.69) is 5.32 Å². The molecule has 0 aliphatic carbocycles. The van der Waals surface area contributed by atoms with E-state index in [1.807, 2.05) is 49.4 Å². The van der Waals surface area contributed by atoms with Crippen LogP contribution in [-0.4, -0.2) is 19.1 Å². The number of nitrogens with zero attached hydrogens (tertiary/aromatic N) is 1. The zero-order valence-electron chi connectivity index (χ0n) is 13.9. The standard InChI is InChI=1S/C19H19ClN2O3/c1-14-12-16(6-7-17(14)20)24-10-11-25-18-5-3-2-4-15(18)13-22-19(23)8-9-21/h2-7,12H,8,10-11,13H2,1H3,(H,22,23). The molecule has 0 atom stereocenters. The topological polar surface area (TPSA) is 71.3 Å². The van der Waals surface area contributed by atoms with Gasteiger partial charge in [-0.25, -0.2) is 0 Å². The highest BCUT2D eigenvalue weighted by atomic mass is 35.5. The van der Waals surface area contributed by atoms with Crippen LogP contribution in [0.3, 0.4) is 0 Å². The fourth-order valence-electron chi connectivity index (χ4n) is 2.14. The van der Waals surface area contributed by atoms with Gasteiger partial charge in [-0.2, -0.15) is 5.26 Å². The van der Waals surface area contributed by atoms with Crippen LogP contribution >= 0.6 is 11.6 Å². The minimum Gasteiger partial charge on any atom is -0.490 e. The lowest BCUT2D eigenvalue weighted by atomic mass is 10.2. The smallest absolute Gasteiger partial charge is 0.234 e. The van der Waals surface area contributed by atoms with Crippen molar-refractivity contribution in [3.05, 3.63) is 58.6 Å². The molecule has 0 saturated heterocycles. The van der Waals surface area contributed by atoms with Crippen molar-refractivity contribution >= 4 is 17.5 Å². The average molecular weight is 359 g/mol. The summed E-state index contributed by atoms with van der Waals surface area (Å²) >= 11 is 5.98. The molecule has 0 aliphatic rings. The second-order valence-electron chi connectivity index (χ2n) is 5.33. The van der Waals surface area contributed by atoms with Crippen LogP contribution in [0.1, 0.15) is 17.5 Å². The Balaban J connectivity index is 1.83. The molecule has 25 heavy (non-hydrogen) atoms. The van der Waals surface area contributed by atoms with E-state index in [1.54, 1.807) is 6.07 Å².